The van der Waals surface area contributed by atoms with Crippen LogP contribution in [0.2, 0.25) is 0 Å². The zero-order valence-electron chi connectivity index (χ0n) is 14.7. The van der Waals surface area contributed by atoms with Crippen LogP contribution in [0.5, 0.6) is 0 Å². The minimum Gasteiger partial charge on any atom is -0.341 e. The predicted octanol–water partition coefficient (Wildman–Crippen LogP) is 2.15. The molecule has 1 aromatic carbocycles. The number of rotatable bonds is 9. The number of hydrogen-bond acceptors (Lipinski definition) is 5. The number of amides is 2. The van der Waals surface area contributed by atoms with Gasteiger partial charge in [-0.3, -0.25) is 14.6 Å². The van der Waals surface area contributed by atoms with E-state index < -0.39 is 6.04 Å². The fraction of sp³-hybridized carbons (Fsp3) is 0.200. The lowest BCUT2D eigenvalue weighted by Crippen LogP contribution is -2.48. The standard InChI is InChI=1S/C20H20N4O2S/c21-10-12-23-20(26)18(15-27-14-17-5-2-1-3-6-17)24-19(25)9-8-16-7-4-11-22-13-16/h1-9,11,13,18H,12,14-15H2,(H,23,26)(H,24,25)/t18-/m0/s1. The smallest absolute Gasteiger partial charge is 0.244 e. The van der Waals surface area contributed by atoms with Gasteiger partial charge in [0.15, 0.2) is 0 Å². The maximum Gasteiger partial charge on any atom is 0.244 e. The Bertz CT molecular complexity index is 804. The Morgan fingerprint density at radius 1 is 1.22 bits per heavy atom. The van der Waals surface area contributed by atoms with E-state index in [0.717, 1.165) is 16.9 Å². The van der Waals surface area contributed by atoms with E-state index in [9.17, 15) is 9.59 Å². The van der Waals surface area contributed by atoms with E-state index in [1.165, 1.54) is 6.08 Å². The Balaban J connectivity index is 1.92. The summed E-state index contributed by atoms with van der Waals surface area (Å²) in [5.74, 6) is 0.375. The van der Waals surface area contributed by atoms with Gasteiger partial charge in [-0.05, 0) is 23.3 Å². The SMILES string of the molecule is N#CCNC(=O)[C@H](CSCc1ccccc1)NC(=O)C=Cc1cccnc1. The quantitative estimate of drug-likeness (QED) is 0.513. The fourth-order valence-electron chi connectivity index (χ4n) is 2.17. The van der Waals surface area contributed by atoms with Crippen LogP contribution in [0, 0.1) is 11.3 Å². The van der Waals surface area contributed by atoms with Crippen LogP contribution in [0.25, 0.3) is 6.08 Å². The first-order chi connectivity index (χ1) is 13.2. The van der Waals surface area contributed by atoms with E-state index in [0.29, 0.717) is 5.75 Å². The highest BCUT2D eigenvalue weighted by molar-refractivity contribution is 7.98. The zero-order valence-corrected chi connectivity index (χ0v) is 15.5. The third-order valence-electron chi connectivity index (χ3n) is 3.48. The minimum absolute atomic E-state index is 0.0971. The van der Waals surface area contributed by atoms with Crippen LogP contribution in [-0.4, -0.2) is 35.1 Å². The van der Waals surface area contributed by atoms with E-state index >= 15 is 0 Å². The molecular formula is C20H20N4O2S. The van der Waals surface area contributed by atoms with Crippen LogP contribution in [0.4, 0.5) is 0 Å². The van der Waals surface area contributed by atoms with E-state index in [-0.39, 0.29) is 18.4 Å². The maximum absolute atomic E-state index is 12.2. The number of carbonyl (C=O) groups excluding carboxylic acids is 2. The molecule has 1 aromatic heterocycles. The molecule has 7 heteroatoms. The Hall–Kier alpha value is -3.11. The molecule has 138 valence electrons. The summed E-state index contributed by atoms with van der Waals surface area (Å²) in [6.07, 6.45) is 6.28. The Morgan fingerprint density at radius 3 is 2.74 bits per heavy atom. The number of hydrogen-bond donors (Lipinski definition) is 2. The van der Waals surface area contributed by atoms with Crippen molar-refractivity contribution < 1.29 is 9.59 Å². The van der Waals surface area contributed by atoms with Crippen molar-refractivity contribution in [3.63, 3.8) is 0 Å². The molecule has 27 heavy (non-hydrogen) atoms. The summed E-state index contributed by atoms with van der Waals surface area (Å²) in [6, 6.07) is 14.6. The first kappa shape index (κ1) is 20.2. The van der Waals surface area contributed by atoms with Gasteiger partial charge in [-0.1, -0.05) is 36.4 Å². The van der Waals surface area contributed by atoms with Crippen LogP contribution in [-0.2, 0) is 15.3 Å². The van der Waals surface area contributed by atoms with Crippen LogP contribution < -0.4 is 10.6 Å². The van der Waals surface area contributed by atoms with Crippen molar-refractivity contribution in [1.82, 2.24) is 15.6 Å². The fourth-order valence-corrected chi connectivity index (χ4v) is 3.18. The third-order valence-corrected chi connectivity index (χ3v) is 4.59. The van der Waals surface area contributed by atoms with Crippen molar-refractivity contribution in [3.05, 3.63) is 72.1 Å². The Kier molecular flexibility index (Phi) is 8.60. The molecule has 0 saturated carbocycles. The van der Waals surface area contributed by atoms with Crippen LogP contribution in [0.1, 0.15) is 11.1 Å². The number of pyridine rings is 1. The van der Waals surface area contributed by atoms with Gasteiger partial charge in [0.1, 0.15) is 12.6 Å². The van der Waals surface area contributed by atoms with Crippen LogP contribution >= 0.6 is 11.8 Å². The van der Waals surface area contributed by atoms with Gasteiger partial charge < -0.3 is 10.6 Å². The molecule has 2 N–H and O–H groups in total. The van der Waals surface area contributed by atoms with Crippen molar-refractivity contribution in [2.45, 2.75) is 11.8 Å². The second kappa shape index (κ2) is 11.5. The lowest BCUT2D eigenvalue weighted by Gasteiger charge is -2.16. The number of nitrogens with zero attached hydrogens (tertiary/aromatic N) is 2. The molecule has 6 nitrogen and oxygen atoms in total. The van der Waals surface area contributed by atoms with E-state index in [1.807, 2.05) is 42.5 Å². The summed E-state index contributed by atoms with van der Waals surface area (Å²) in [6.45, 7) is -0.0971. The highest BCUT2D eigenvalue weighted by Gasteiger charge is 2.19. The number of carbonyl (C=O) groups is 2. The van der Waals surface area contributed by atoms with Gasteiger partial charge >= 0.3 is 0 Å². The molecule has 0 bridgehead atoms. The molecule has 0 spiro atoms. The molecule has 0 saturated heterocycles. The van der Waals surface area contributed by atoms with Gasteiger partial charge in [-0.2, -0.15) is 17.0 Å². The summed E-state index contributed by atoms with van der Waals surface area (Å²) in [4.78, 5) is 28.4. The normalized spacial score (nSPS) is 11.5. The van der Waals surface area contributed by atoms with E-state index in [4.69, 9.17) is 5.26 Å². The molecule has 2 amide bonds. The first-order valence-corrected chi connectivity index (χ1v) is 9.49. The van der Waals surface area contributed by atoms with Crippen molar-refractivity contribution in [3.8, 4) is 6.07 Å². The molecule has 2 aromatic rings. The molecule has 0 aliphatic carbocycles. The van der Waals surface area contributed by atoms with Gasteiger partial charge in [0, 0.05) is 30.0 Å². The minimum atomic E-state index is -0.724. The van der Waals surface area contributed by atoms with Crippen molar-refractivity contribution in [2.24, 2.45) is 0 Å². The summed E-state index contributed by atoms with van der Waals surface area (Å²) in [5.41, 5.74) is 1.93. The monoisotopic (exact) mass is 380 g/mol. The molecule has 0 unspecified atom stereocenters. The molecule has 0 fully saturated rings. The average Bonchev–Trinajstić information content (AvgIpc) is 2.71. The third kappa shape index (κ3) is 7.75. The van der Waals surface area contributed by atoms with Crippen LogP contribution in [0.15, 0.2) is 60.9 Å². The zero-order chi connectivity index (χ0) is 19.3. The van der Waals surface area contributed by atoms with Gasteiger partial charge in [0.25, 0.3) is 0 Å². The molecule has 1 atom stereocenters. The highest BCUT2D eigenvalue weighted by atomic mass is 32.2. The van der Waals surface area contributed by atoms with Crippen molar-refractivity contribution >= 4 is 29.7 Å². The van der Waals surface area contributed by atoms with Gasteiger partial charge in [0.05, 0.1) is 6.07 Å². The average molecular weight is 380 g/mol. The lowest BCUT2D eigenvalue weighted by molar-refractivity contribution is -0.126. The van der Waals surface area contributed by atoms with E-state index in [1.54, 1.807) is 36.3 Å². The Morgan fingerprint density at radius 2 is 2.04 bits per heavy atom. The van der Waals surface area contributed by atoms with Gasteiger partial charge in [0.2, 0.25) is 11.8 Å². The predicted molar refractivity (Wildman–Crippen MR) is 106 cm³/mol. The number of nitrogens with one attached hydrogen (secondary N) is 2. The molecular weight excluding hydrogens is 360 g/mol. The lowest BCUT2D eigenvalue weighted by atomic mass is 10.2. The molecule has 0 radical (unpaired) electrons. The molecule has 0 aliphatic rings. The maximum atomic E-state index is 12.2. The first-order valence-electron chi connectivity index (χ1n) is 8.34. The second-order valence-electron chi connectivity index (χ2n) is 5.56. The number of aromatic nitrogens is 1. The summed E-state index contributed by atoms with van der Waals surface area (Å²) in [5, 5.41) is 13.8. The van der Waals surface area contributed by atoms with Gasteiger partial charge in [-0.25, -0.2) is 0 Å². The molecule has 0 aliphatic heterocycles. The number of benzene rings is 1. The summed E-state index contributed by atoms with van der Waals surface area (Å²) < 4.78 is 0. The van der Waals surface area contributed by atoms with Crippen molar-refractivity contribution in [1.29, 1.82) is 5.26 Å². The van der Waals surface area contributed by atoms with E-state index in [2.05, 4.69) is 15.6 Å². The molecule has 2 rings (SSSR count). The Labute approximate surface area is 162 Å². The largest absolute Gasteiger partial charge is 0.341 e. The highest BCUT2D eigenvalue weighted by Crippen LogP contribution is 2.13. The topological polar surface area (TPSA) is 94.9 Å². The van der Waals surface area contributed by atoms with Crippen molar-refractivity contribution in [2.75, 3.05) is 12.3 Å². The number of thioether (sulfide) groups is 1. The summed E-state index contributed by atoms with van der Waals surface area (Å²) >= 11 is 1.54. The van der Waals surface area contributed by atoms with Crippen LogP contribution in [0.3, 0.4) is 0 Å². The second-order valence-corrected chi connectivity index (χ2v) is 6.59. The van der Waals surface area contributed by atoms with Gasteiger partial charge in [-0.15, -0.1) is 0 Å². The summed E-state index contributed by atoms with van der Waals surface area (Å²) in [7, 11) is 0. The number of nitriles is 1. The molecule has 1 heterocycles.